The molecular formula is C44H50N8O5. The molecule has 2 aliphatic carbocycles. The van der Waals surface area contributed by atoms with Gasteiger partial charge in [-0.1, -0.05) is 48.5 Å². The first-order chi connectivity index (χ1) is 27.8. The van der Waals surface area contributed by atoms with Gasteiger partial charge in [0.25, 0.3) is 0 Å². The van der Waals surface area contributed by atoms with Crippen molar-refractivity contribution >= 4 is 17.9 Å². The van der Waals surface area contributed by atoms with Gasteiger partial charge >= 0.3 is 6.09 Å². The van der Waals surface area contributed by atoms with Crippen LogP contribution in [0.25, 0.3) is 33.6 Å². The van der Waals surface area contributed by atoms with E-state index in [1.807, 2.05) is 18.3 Å². The fraction of sp³-hybridized carbons (Fsp3) is 0.409. The Morgan fingerprint density at radius 1 is 0.825 bits per heavy atom. The average molecular weight is 771 g/mol. The van der Waals surface area contributed by atoms with Gasteiger partial charge in [-0.25, -0.2) is 14.8 Å². The molecule has 1 saturated heterocycles. The third-order valence-corrected chi connectivity index (χ3v) is 12.3. The molecule has 3 aromatic heterocycles. The predicted octanol–water partition coefficient (Wildman–Crippen LogP) is 6.44. The summed E-state index contributed by atoms with van der Waals surface area (Å²) in [5, 5.41) is 5.86. The summed E-state index contributed by atoms with van der Waals surface area (Å²) < 4.78 is 10.2. The molecule has 1 aliphatic heterocycles. The molecule has 3 unspecified atom stereocenters. The lowest BCUT2D eigenvalue weighted by Crippen LogP contribution is -2.54. The topological polar surface area (TPSA) is 167 Å². The number of rotatable bonds is 13. The summed E-state index contributed by atoms with van der Waals surface area (Å²) >= 11 is 0. The number of nitrogens with one attached hydrogen (secondary N) is 4. The maximum atomic E-state index is 13.6. The summed E-state index contributed by atoms with van der Waals surface area (Å²) in [4.78, 5) is 61.6. The molecule has 2 saturated carbocycles. The highest BCUT2D eigenvalue weighted by Gasteiger charge is 2.52. The zero-order chi connectivity index (χ0) is 39.5. The number of methoxy groups -OCH3 is 2. The van der Waals surface area contributed by atoms with E-state index in [-0.39, 0.29) is 29.7 Å². The normalized spacial score (nSPS) is 22.3. The van der Waals surface area contributed by atoms with Gasteiger partial charge in [-0.2, -0.15) is 0 Å². The molecule has 0 radical (unpaired) electrons. The van der Waals surface area contributed by atoms with E-state index in [0.29, 0.717) is 30.7 Å². The highest BCUT2D eigenvalue weighted by atomic mass is 16.5. The van der Waals surface area contributed by atoms with Crippen LogP contribution in [0, 0.1) is 17.8 Å². The van der Waals surface area contributed by atoms with Gasteiger partial charge in [0, 0.05) is 38.5 Å². The number of pyridine rings is 1. The number of amides is 3. The predicted molar refractivity (Wildman–Crippen MR) is 215 cm³/mol. The van der Waals surface area contributed by atoms with Crippen LogP contribution in [0.5, 0.6) is 0 Å². The first-order valence-electron chi connectivity index (χ1n) is 20.0. The monoisotopic (exact) mass is 770 g/mol. The van der Waals surface area contributed by atoms with Gasteiger partial charge in [0.2, 0.25) is 11.8 Å². The number of likely N-dealkylation sites (tertiary alicyclic amines) is 1. The Labute approximate surface area is 332 Å². The average Bonchev–Trinajstić information content (AvgIpc) is 4.11. The Morgan fingerprint density at radius 3 is 2.09 bits per heavy atom. The van der Waals surface area contributed by atoms with E-state index in [4.69, 9.17) is 14.5 Å². The summed E-state index contributed by atoms with van der Waals surface area (Å²) in [7, 11) is 2.77. The number of carbonyl (C=O) groups excluding carboxylic acids is 3. The van der Waals surface area contributed by atoms with Crippen LogP contribution in [0.3, 0.4) is 0 Å². The summed E-state index contributed by atoms with van der Waals surface area (Å²) in [6, 6.07) is 19.6. The zero-order valence-electron chi connectivity index (χ0n) is 32.6. The summed E-state index contributed by atoms with van der Waals surface area (Å²) in [5.74, 6) is 2.47. The van der Waals surface area contributed by atoms with Crippen LogP contribution in [0.15, 0.2) is 85.5 Å². The summed E-state index contributed by atoms with van der Waals surface area (Å²) in [6.45, 7) is 2.91. The molecule has 3 aliphatic rings. The van der Waals surface area contributed by atoms with Gasteiger partial charge in [0.05, 0.1) is 49.0 Å². The molecule has 13 heteroatoms. The molecular weight excluding hydrogens is 721 g/mol. The quantitative estimate of drug-likeness (QED) is 0.106. The molecule has 3 amide bonds. The third-order valence-electron chi connectivity index (χ3n) is 12.3. The van der Waals surface area contributed by atoms with E-state index in [1.165, 1.54) is 19.8 Å². The molecule has 4 N–H and O–H groups in total. The fourth-order valence-electron chi connectivity index (χ4n) is 9.24. The number of imidazole rings is 2. The SMILES string of the molecule is COC(=O)N[C@H](C(=O)N1CCC[C@H]1c1ncc(-c2ccc(-c3ccc(-c4cnc(C5C6CCC(C6)[C@@H]5C(=O)NCCc5ccncc5)[nH]4)cc3)cc2)[nH]1)[C@@H](C)OC. The lowest BCUT2D eigenvalue weighted by atomic mass is 9.78. The zero-order valence-corrected chi connectivity index (χ0v) is 32.6. The van der Waals surface area contributed by atoms with Crippen molar-refractivity contribution in [3.63, 3.8) is 0 Å². The third kappa shape index (κ3) is 7.93. The van der Waals surface area contributed by atoms with Crippen molar-refractivity contribution in [2.45, 2.75) is 69.6 Å². The number of hydrogen-bond acceptors (Lipinski definition) is 8. The Hall–Kier alpha value is -5.82. The van der Waals surface area contributed by atoms with Crippen molar-refractivity contribution in [2.24, 2.45) is 17.8 Å². The van der Waals surface area contributed by atoms with Crippen LogP contribution in [0.4, 0.5) is 4.79 Å². The molecule has 0 spiro atoms. The van der Waals surface area contributed by atoms with Crippen molar-refractivity contribution in [3.8, 4) is 33.6 Å². The van der Waals surface area contributed by atoms with E-state index in [2.05, 4.69) is 79.1 Å². The molecule has 57 heavy (non-hydrogen) atoms. The van der Waals surface area contributed by atoms with Gasteiger partial charge < -0.3 is 35.0 Å². The highest BCUT2D eigenvalue weighted by molar-refractivity contribution is 5.87. The second-order valence-electron chi connectivity index (χ2n) is 15.5. The Bertz CT molecular complexity index is 2170. The minimum absolute atomic E-state index is 0.0555. The van der Waals surface area contributed by atoms with Crippen LogP contribution in [0.2, 0.25) is 0 Å². The number of fused-ring (bicyclic) bond motifs is 2. The smallest absolute Gasteiger partial charge is 0.407 e. The van der Waals surface area contributed by atoms with Crippen LogP contribution >= 0.6 is 0 Å². The lowest BCUT2D eigenvalue weighted by Gasteiger charge is -2.30. The molecule has 5 aromatic rings. The molecule has 7 atom stereocenters. The number of hydrogen-bond donors (Lipinski definition) is 4. The number of aromatic amines is 2. The Morgan fingerprint density at radius 2 is 1.44 bits per heavy atom. The van der Waals surface area contributed by atoms with Crippen LogP contribution in [-0.4, -0.2) is 87.2 Å². The van der Waals surface area contributed by atoms with Crippen molar-refractivity contribution in [1.29, 1.82) is 0 Å². The number of carbonyl (C=O) groups is 3. The van der Waals surface area contributed by atoms with E-state index >= 15 is 0 Å². The van der Waals surface area contributed by atoms with E-state index in [0.717, 1.165) is 78.0 Å². The molecule has 2 bridgehead atoms. The minimum atomic E-state index is -0.884. The van der Waals surface area contributed by atoms with Gasteiger partial charge in [0.15, 0.2) is 0 Å². The second-order valence-corrected chi connectivity index (χ2v) is 15.5. The molecule has 4 heterocycles. The second kappa shape index (κ2) is 16.7. The van der Waals surface area contributed by atoms with Crippen molar-refractivity contribution < 1.29 is 23.9 Å². The molecule has 13 nitrogen and oxygen atoms in total. The molecule has 2 aromatic carbocycles. The number of ether oxygens (including phenoxy) is 2. The standard InChI is InChI=1S/C44H50N8O5/c1-26(56-2)39(51-44(55)57-3)43(54)52-22-4-5-36(52)40-47-24-34(49-40)30-10-6-28(7-11-30)29-8-12-31(13-9-29)35-25-48-41(50-35)37-32-14-15-33(23-32)38(37)42(53)46-21-18-27-16-19-45-20-17-27/h6-13,16-17,19-20,24-26,32-33,36-39H,4-5,14-15,18,21-23H2,1-3H3,(H,46,53)(H,47,49)(H,48,50)(H,51,55)/t26-,32?,33?,36+,37?,38+,39+/m1/s1. The van der Waals surface area contributed by atoms with Crippen molar-refractivity contribution in [2.75, 3.05) is 27.3 Å². The largest absolute Gasteiger partial charge is 0.453 e. The molecule has 8 rings (SSSR count). The van der Waals surface area contributed by atoms with Gasteiger partial charge in [-0.05, 0) is 97.2 Å². The maximum Gasteiger partial charge on any atom is 0.407 e. The van der Waals surface area contributed by atoms with Crippen LogP contribution in [0.1, 0.15) is 68.2 Å². The van der Waals surface area contributed by atoms with Crippen molar-refractivity contribution in [1.82, 2.24) is 40.5 Å². The van der Waals surface area contributed by atoms with Crippen molar-refractivity contribution in [3.05, 3.63) is 103 Å². The maximum absolute atomic E-state index is 13.6. The van der Waals surface area contributed by atoms with Crippen LogP contribution < -0.4 is 10.6 Å². The number of aromatic nitrogens is 5. The lowest BCUT2D eigenvalue weighted by molar-refractivity contribution is -0.137. The minimum Gasteiger partial charge on any atom is -0.453 e. The summed E-state index contributed by atoms with van der Waals surface area (Å²) in [5.41, 5.74) is 7.18. The van der Waals surface area contributed by atoms with Crippen LogP contribution in [-0.2, 0) is 25.5 Å². The van der Waals surface area contributed by atoms with Gasteiger partial charge in [-0.3, -0.25) is 14.6 Å². The van der Waals surface area contributed by atoms with E-state index in [9.17, 15) is 14.4 Å². The first-order valence-corrected chi connectivity index (χ1v) is 20.0. The first kappa shape index (κ1) is 38.1. The Kier molecular flexibility index (Phi) is 11.2. The Balaban J connectivity index is 0.906. The number of benzene rings is 2. The highest BCUT2D eigenvalue weighted by Crippen LogP contribution is 2.56. The van der Waals surface area contributed by atoms with Gasteiger partial charge in [-0.15, -0.1) is 0 Å². The fourth-order valence-corrected chi connectivity index (χ4v) is 9.24. The number of alkyl carbamates (subject to hydrolysis) is 1. The van der Waals surface area contributed by atoms with E-state index < -0.39 is 18.2 Å². The number of H-pyrrole nitrogens is 2. The number of nitrogens with zero attached hydrogens (tertiary/aromatic N) is 4. The van der Waals surface area contributed by atoms with Gasteiger partial charge in [0.1, 0.15) is 17.7 Å². The molecule has 3 fully saturated rings. The molecule has 296 valence electrons. The summed E-state index contributed by atoms with van der Waals surface area (Å²) in [6.07, 6.45) is 11.8. The van der Waals surface area contributed by atoms with E-state index in [1.54, 1.807) is 30.4 Å².